The molecule has 0 amide bonds. The van der Waals surface area contributed by atoms with Crippen LogP contribution in [0.5, 0.6) is 0 Å². The minimum Gasteiger partial charge on any atom is -0.465 e. The van der Waals surface area contributed by atoms with Gasteiger partial charge >= 0.3 is 5.97 Å². The van der Waals surface area contributed by atoms with E-state index in [4.69, 9.17) is 4.74 Å². The van der Waals surface area contributed by atoms with Gasteiger partial charge in [0, 0.05) is 30.1 Å². The van der Waals surface area contributed by atoms with Crippen molar-refractivity contribution in [1.82, 2.24) is 0 Å². The van der Waals surface area contributed by atoms with Crippen LogP contribution in [0.1, 0.15) is 65.7 Å². The smallest absolute Gasteiger partial charge is 0.302 e. The molecule has 0 aromatic carbocycles. The predicted octanol–water partition coefficient (Wildman–Crippen LogP) is 2.47. The molecule has 2 bridgehead atoms. The molecule has 5 heteroatoms. The van der Waals surface area contributed by atoms with Crippen LogP contribution in [-0.4, -0.2) is 40.8 Å². The number of ether oxygens (including phenoxy) is 1. The summed E-state index contributed by atoms with van der Waals surface area (Å²) in [5, 5.41) is 22.0. The number of hydrogen-bond acceptors (Lipinski definition) is 5. The van der Waals surface area contributed by atoms with E-state index in [9.17, 15) is 19.8 Å². The second kappa shape index (κ2) is 5.78. The van der Waals surface area contributed by atoms with Crippen LogP contribution in [0.3, 0.4) is 0 Å². The van der Waals surface area contributed by atoms with E-state index in [-0.39, 0.29) is 35.2 Å². The number of Topliss-reactive ketones (excluding diaryl/α,β-unsaturated/α-hetero) is 1. The van der Waals surface area contributed by atoms with Crippen molar-refractivity contribution in [3.05, 3.63) is 0 Å². The van der Waals surface area contributed by atoms with Crippen molar-refractivity contribution in [3.63, 3.8) is 0 Å². The summed E-state index contributed by atoms with van der Waals surface area (Å²) in [7, 11) is 0. The van der Waals surface area contributed by atoms with Crippen LogP contribution < -0.4 is 0 Å². The van der Waals surface area contributed by atoms with Gasteiger partial charge in [0.2, 0.25) is 0 Å². The van der Waals surface area contributed by atoms with Crippen molar-refractivity contribution < 1.29 is 24.5 Å². The average Bonchev–Trinajstić information content (AvgIpc) is 2.83. The highest BCUT2D eigenvalue weighted by Gasteiger charge is 2.69. The van der Waals surface area contributed by atoms with Crippen molar-refractivity contribution in [2.24, 2.45) is 34.0 Å². The quantitative estimate of drug-likeness (QED) is 0.736. The molecular weight excluding hydrogens is 332 g/mol. The van der Waals surface area contributed by atoms with Gasteiger partial charge in [0.25, 0.3) is 0 Å². The van der Waals surface area contributed by atoms with Crippen LogP contribution in [0, 0.1) is 34.0 Å². The molecule has 4 aliphatic carbocycles. The first kappa shape index (κ1) is 18.4. The molecule has 0 aromatic heterocycles. The Hall–Kier alpha value is -0.940. The predicted molar refractivity (Wildman–Crippen MR) is 95.1 cm³/mol. The molecule has 26 heavy (non-hydrogen) atoms. The standard InChI is InChI=1S/C21H32O5/c1-12(22)26-11-20(3)16-8-18(25)21-9-13(14(23)10-21)4-5-15(21)19(16,2)7-6-17(20)24/h13,15-18,24-25H,4-11H2,1-3H3/t13-,15-,16+,17+,18-,19-,20+,21-/m0/s1. The Morgan fingerprint density at radius 3 is 2.58 bits per heavy atom. The van der Waals surface area contributed by atoms with Gasteiger partial charge in [-0.05, 0) is 55.8 Å². The maximum atomic E-state index is 12.5. The van der Waals surface area contributed by atoms with Gasteiger partial charge < -0.3 is 14.9 Å². The van der Waals surface area contributed by atoms with Crippen LogP contribution in [0.25, 0.3) is 0 Å². The number of esters is 1. The SMILES string of the molecule is CC(=O)OC[C@]1(C)[C@@H]2C[C@H](O)[C@@]34CC(=O)[C@@H](CC[C@H]3[C@]2(C)CC[C@H]1O)C4. The fourth-order valence-corrected chi connectivity index (χ4v) is 7.57. The van der Waals surface area contributed by atoms with Gasteiger partial charge in [-0.15, -0.1) is 0 Å². The zero-order chi connectivity index (χ0) is 18.9. The van der Waals surface area contributed by atoms with Crippen LogP contribution in [0.2, 0.25) is 0 Å². The van der Waals surface area contributed by atoms with E-state index in [1.807, 2.05) is 6.92 Å². The third-order valence-corrected chi connectivity index (χ3v) is 8.90. The van der Waals surface area contributed by atoms with Crippen molar-refractivity contribution in [2.75, 3.05) is 6.61 Å². The number of carbonyl (C=O) groups excluding carboxylic acids is 2. The molecule has 4 fully saturated rings. The molecule has 0 radical (unpaired) electrons. The van der Waals surface area contributed by atoms with E-state index in [2.05, 4.69) is 6.92 Å². The highest BCUT2D eigenvalue weighted by atomic mass is 16.5. The van der Waals surface area contributed by atoms with Gasteiger partial charge in [-0.2, -0.15) is 0 Å². The van der Waals surface area contributed by atoms with Crippen LogP contribution in [0.4, 0.5) is 0 Å². The van der Waals surface area contributed by atoms with E-state index in [0.29, 0.717) is 31.0 Å². The summed E-state index contributed by atoms with van der Waals surface area (Å²) in [6, 6.07) is 0. The number of ketones is 1. The first-order valence-corrected chi connectivity index (χ1v) is 10.2. The molecule has 0 saturated heterocycles. The molecule has 8 atom stereocenters. The van der Waals surface area contributed by atoms with Gasteiger partial charge in [0.1, 0.15) is 5.78 Å². The van der Waals surface area contributed by atoms with Gasteiger partial charge in [-0.1, -0.05) is 13.8 Å². The van der Waals surface area contributed by atoms with Crippen molar-refractivity contribution in [1.29, 1.82) is 0 Å². The minimum atomic E-state index is -0.555. The fourth-order valence-electron chi connectivity index (χ4n) is 7.57. The Bertz CT molecular complexity index is 632. The molecule has 5 nitrogen and oxygen atoms in total. The Balaban J connectivity index is 1.72. The topological polar surface area (TPSA) is 83.8 Å². The third-order valence-electron chi connectivity index (χ3n) is 8.90. The lowest BCUT2D eigenvalue weighted by atomic mass is 9.40. The fraction of sp³-hybridized carbons (Fsp3) is 0.905. The minimum absolute atomic E-state index is 0.0387. The Morgan fingerprint density at radius 2 is 1.88 bits per heavy atom. The van der Waals surface area contributed by atoms with Crippen molar-refractivity contribution in [2.45, 2.75) is 77.9 Å². The maximum absolute atomic E-state index is 12.5. The summed E-state index contributed by atoms with van der Waals surface area (Å²) in [5.74, 6) is 0.529. The summed E-state index contributed by atoms with van der Waals surface area (Å²) < 4.78 is 5.36. The first-order valence-electron chi connectivity index (χ1n) is 10.2. The lowest BCUT2D eigenvalue weighted by molar-refractivity contribution is -0.232. The second-order valence-corrected chi connectivity index (χ2v) is 10.1. The Labute approximate surface area is 155 Å². The normalized spacial score (nSPS) is 53.0. The maximum Gasteiger partial charge on any atom is 0.302 e. The number of aliphatic hydroxyl groups excluding tert-OH is 2. The van der Waals surface area contributed by atoms with Gasteiger partial charge in [0.05, 0.1) is 18.8 Å². The highest BCUT2D eigenvalue weighted by molar-refractivity contribution is 5.84. The summed E-state index contributed by atoms with van der Waals surface area (Å²) in [6.07, 6.45) is 4.41. The lowest BCUT2D eigenvalue weighted by Crippen LogP contribution is -2.65. The molecule has 0 aromatic rings. The Morgan fingerprint density at radius 1 is 1.15 bits per heavy atom. The van der Waals surface area contributed by atoms with E-state index in [0.717, 1.165) is 25.7 Å². The summed E-state index contributed by atoms with van der Waals surface area (Å²) in [4.78, 5) is 23.9. The largest absolute Gasteiger partial charge is 0.465 e. The van der Waals surface area contributed by atoms with Crippen molar-refractivity contribution >= 4 is 11.8 Å². The van der Waals surface area contributed by atoms with Gasteiger partial charge in [0.15, 0.2) is 0 Å². The van der Waals surface area contributed by atoms with Gasteiger partial charge in [-0.25, -0.2) is 0 Å². The molecule has 4 rings (SSSR count). The summed E-state index contributed by atoms with van der Waals surface area (Å²) in [6.45, 7) is 5.90. The van der Waals surface area contributed by atoms with Crippen LogP contribution in [0.15, 0.2) is 0 Å². The lowest BCUT2D eigenvalue weighted by Gasteiger charge is -2.66. The number of hydrogen-bond donors (Lipinski definition) is 2. The highest BCUT2D eigenvalue weighted by Crippen LogP contribution is 2.70. The molecule has 1 spiro atoms. The van der Waals surface area contributed by atoms with Crippen LogP contribution in [-0.2, 0) is 14.3 Å². The van der Waals surface area contributed by atoms with E-state index in [1.165, 1.54) is 6.92 Å². The second-order valence-electron chi connectivity index (χ2n) is 10.1. The summed E-state index contributed by atoms with van der Waals surface area (Å²) in [5.41, 5.74) is -0.862. The molecule has 0 heterocycles. The molecule has 146 valence electrons. The molecule has 4 saturated carbocycles. The number of carbonyl (C=O) groups is 2. The van der Waals surface area contributed by atoms with E-state index >= 15 is 0 Å². The third kappa shape index (κ3) is 2.29. The van der Waals surface area contributed by atoms with Crippen molar-refractivity contribution in [3.8, 4) is 0 Å². The average molecular weight is 364 g/mol. The van der Waals surface area contributed by atoms with E-state index < -0.39 is 17.6 Å². The summed E-state index contributed by atoms with van der Waals surface area (Å²) >= 11 is 0. The first-order chi connectivity index (χ1) is 12.1. The number of aliphatic hydroxyl groups is 2. The molecule has 4 aliphatic rings. The zero-order valence-electron chi connectivity index (χ0n) is 16.2. The molecule has 0 aliphatic heterocycles. The Kier molecular flexibility index (Phi) is 4.09. The molecular formula is C21H32O5. The monoisotopic (exact) mass is 364 g/mol. The number of rotatable bonds is 2. The number of fused-ring (bicyclic) bond motifs is 3. The van der Waals surface area contributed by atoms with E-state index in [1.54, 1.807) is 0 Å². The van der Waals surface area contributed by atoms with Crippen LogP contribution >= 0.6 is 0 Å². The van der Waals surface area contributed by atoms with Gasteiger partial charge in [-0.3, -0.25) is 9.59 Å². The molecule has 2 N–H and O–H groups in total. The molecule has 0 unspecified atom stereocenters. The zero-order valence-corrected chi connectivity index (χ0v) is 16.2.